The van der Waals surface area contributed by atoms with E-state index in [0.29, 0.717) is 0 Å². The monoisotopic (exact) mass is 196 g/mol. The van der Waals surface area contributed by atoms with Gasteiger partial charge in [0.05, 0.1) is 10.8 Å². The van der Waals surface area contributed by atoms with Crippen LogP contribution in [0.4, 0.5) is 0 Å². The van der Waals surface area contributed by atoms with Crippen LogP contribution in [0.5, 0.6) is 0 Å². The molecule has 4 atom stereocenters. The maximum absolute atomic E-state index is 6.03. The zero-order chi connectivity index (χ0) is 8.43. The lowest BCUT2D eigenvalue weighted by Crippen LogP contribution is -2.14. The van der Waals surface area contributed by atoms with Crippen LogP contribution in [-0.4, -0.2) is 23.0 Å². The van der Waals surface area contributed by atoms with Crippen molar-refractivity contribution in [2.24, 2.45) is 0 Å². The van der Waals surface area contributed by atoms with Crippen molar-refractivity contribution in [1.82, 2.24) is 0 Å². The zero-order valence-corrected chi connectivity index (χ0v) is 8.40. The normalized spacial score (nSPS) is 34.9. The van der Waals surface area contributed by atoms with E-state index in [4.69, 9.17) is 27.9 Å². The van der Waals surface area contributed by atoms with Crippen molar-refractivity contribution in [1.29, 1.82) is 0 Å². The second-order valence-electron chi connectivity index (χ2n) is 3.05. The molecule has 0 aromatic heterocycles. The Bertz CT molecular complexity index is 127. The van der Waals surface area contributed by atoms with Gasteiger partial charge in [-0.3, -0.25) is 0 Å². The summed E-state index contributed by atoms with van der Waals surface area (Å²) in [6, 6.07) is 0. The second kappa shape index (κ2) is 3.97. The largest absolute Gasteiger partial charge is 0.366 e. The summed E-state index contributed by atoms with van der Waals surface area (Å²) in [4.78, 5) is 0. The fourth-order valence-corrected chi connectivity index (χ4v) is 1.86. The van der Waals surface area contributed by atoms with Crippen LogP contribution in [0.3, 0.4) is 0 Å². The molecule has 0 aromatic rings. The summed E-state index contributed by atoms with van der Waals surface area (Å²) in [5.74, 6) is 0. The van der Waals surface area contributed by atoms with Crippen molar-refractivity contribution in [3.8, 4) is 0 Å². The van der Waals surface area contributed by atoms with Gasteiger partial charge in [0.2, 0.25) is 0 Å². The third kappa shape index (κ3) is 2.50. The Labute approximate surface area is 78.0 Å². The Morgan fingerprint density at radius 3 is 2.36 bits per heavy atom. The molecule has 0 bridgehead atoms. The number of epoxide rings is 1. The molecular weight excluding hydrogens is 183 g/mol. The lowest BCUT2D eigenvalue weighted by Gasteiger charge is -2.02. The van der Waals surface area contributed by atoms with E-state index in [2.05, 4.69) is 6.92 Å². The van der Waals surface area contributed by atoms with E-state index in [1.165, 1.54) is 0 Å². The molecule has 1 aliphatic rings. The molecular formula is C8H14Cl2O. The predicted molar refractivity (Wildman–Crippen MR) is 48.5 cm³/mol. The zero-order valence-electron chi connectivity index (χ0n) is 6.89. The first-order valence-electron chi connectivity index (χ1n) is 4.10. The summed E-state index contributed by atoms with van der Waals surface area (Å²) in [5.41, 5.74) is 0. The van der Waals surface area contributed by atoms with Gasteiger partial charge < -0.3 is 4.74 Å². The summed E-state index contributed by atoms with van der Waals surface area (Å²) in [5, 5.41) is 0.254. The Kier molecular flexibility index (Phi) is 3.48. The summed E-state index contributed by atoms with van der Waals surface area (Å²) >= 11 is 11.9. The van der Waals surface area contributed by atoms with E-state index in [0.717, 1.165) is 12.8 Å². The highest BCUT2D eigenvalue weighted by Gasteiger charge is 2.46. The van der Waals surface area contributed by atoms with Crippen molar-refractivity contribution < 1.29 is 4.74 Å². The number of hydrogen-bond donors (Lipinski definition) is 0. The first-order valence-corrected chi connectivity index (χ1v) is 4.97. The lowest BCUT2D eigenvalue weighted by atomic mass is 10.1. The first kappa shape index (κ1) is 9.63. The number of hydrogen-bond acceptors (Lipinski definition) is 1. The highest BCUT2D eigenvalue weighted by Crippen LogP contribution is 2.35. The summed E-state index contributed by atoms with van der Waals surface area (Å²) in [6.45, 7) is 4.07. The van der Waals surface area contributed by atoms with E-state index in [1.54, 1.807) is 0 Å². The van der Waals surface area contributed by atoms with E-state index < -0.39 is 0 Å². The van der Waals surface area contributed by atoms with Gasteiger partial charge in [-0.1, -0.05) is 13.3 Å². The minimum atomic E-state index is 0.0955. The van der Waals surface area contributed by atoms with Crippen LogP contribution < -0.4 is 0 Å². The third-order valence-electron chi connectivity index (χ3n) is 1.94. The van der Waals surface area contributed by atoms with Gasteiger partial charge in [0.25, 0.3) is 0 Å². The van der Waals surface area contributed by atoms with Crippen LogP contribution in [0.25, 0.3) is 0 Å². The maximum Gasteiger partial charge on any atom is 0.102 e. The molecule has 4 unspecified atom stereocenters. The molecule has 0 amide bonds. The van der Waals surface area contributed by atoms with Crippen molar-refractivity contribution >= 4 is 23.2 Å². The Hall–Kier alpha value is 0.540. The molecule has 1 saturated heterocycles. The highest BCUT2D eigenvalue weighted by atomic mass is 35.5. The van der Waals surface area contributed by atoms with Crippen LogP contribution in [0.2, 0.25) is 0 Å². The molecule has 66 valence electrons. The summed E-state index contributed by atoms with van der Waals surface area (Å²) in [7, 11) is 0. The average molecular weight is 197 g/mol. The van der Waals surface area contributed by atoms with Crippen LogP contribution >= 0.6 is 23.2 Å². The molecule has 0 radical (unpaired) electrons. The minimum Gasteiger partial charge on any atom is -0.366 e. The van der Waals surface area contributed by atoms with E-state index in [1.807, 2.05) is 6.92 Å². The molecule has 1 aliphatic heterocycles. The molecule has 1 rings (SSSR count). The van der Waals surface area contributed by atoms with Crippen LogP contribution in [0.15, 0.2) is 0 Å². The molecule has 0 saturated carbocycles. The fraction of sp³-hybridized carbons (Fsp3) is 1.00. The van der Waals surface area contributed by atoms with Crippen molar-refractivity contribution in [3.63, 3.8) is 0 Å². The molecule has 0 aromatic carbocycles. The van der Waals surface area contributed by atoms with Gasteiger partial charge in [0.15, 0.2) is 0 Å². The van der Waals surface area contributed by atoms with Gasteiger partial charge in [-0.15, -0.1) is 23.2 Å². The number of ether oxygens (including phenoxy) is 1. The molecule has 1 fully saturated rings. The number of alkyl halides is 2. The Morgan fingerprint density at radius 1 is 1.36 bits per heavy atom. The van der Waals surface area contributed by atoms with Crippen LogP contribution in [0.1, 0.15) is 26.7 Å². The summed E-state index contributed by atoms with van der Waals surface area (Å²) in [6.07, 6.45) is 2.54. The van der Waals surface area contributed by atoms with Gasteiger partial charge in [-0.05, 0) is 13.3 Å². The molecule has 0 spiro atoms. The standard InChI is InChI=1S/C8H14Cl2O/c1-3-4-6(10)8-7(11-8)5(2)9/h5-8H,3-4H2,1-2H3. The van der Waals surface area contributed by atoms with Crippen molar-refractivity contribution in [3.05, 3.63) is 0 Å². The summed E-state index contributed by atoms with van der Waals surface area (Å²) < 4.78 is 5.33. The first-order chi connectivity index (χ1) is 5.16. The molecule has 1 nitrogen and oxygen atoms in total. The minimum absolute atomic E-state index is 0.0955. The topological polar surface area (TPSA) is 12.5 Å². The Balaban J connectivity index is 2.20. The van der Waals surface area contributed by atoms with Gasteiger partial charge >= 0.3 is 0 Å². The molecule has 0 N–H and O–H groups in total. The SMILES string of the molecule is CCCC(Cl)C1OC1C(C)Cl. The Morgan fingerprint density at radius 2 is 2.00 bits per heavy atom. The quantitative estimate of drug-likeness (QED) is 0.498. The van der Waals surface area contributed by atoms with Crippen molar-refractivity contribution in [2.75, 3.05) is 0 Å². The lowest BCUT2D eigenvalue weighted by molar-refractivity contribution is 0.360. The third-order valence-corrected chi connectivity index (χ3v) is 2.65. The molecule has 11 heavy (non-hydrogen) atoms. The molecule has 1 heterocycles. The fourth-order valence-electron chi connectivity index (χ4n) is 1.24. The molecule has 0 aliphatic carbocycles. The van der Waals surface area contributed by atoms with Gasteiger partial charge in [-0.25, -0.2) is 0 Å². The van der Waals surface area contributed by atoms with Crippen LogP contribution in [-0.2, 0) is 4.74 Å². The van der Waals surface area contributed by atoms with Crippen LogP contribution in [0, 0.1) is 0 Å². The highest BCUT2D eigenvalue weighted by molar-refractivity contribution is 6.22. The molecule has 3 heteroatoms. The average Bonchev–Trinajstić information content (AvgIpc) is 2.65. The van der Waals surface area contributed by atoms with E-state index in [9.17, 15) is 0 Å². The number of rotatable bonds is 4. The number of halogens is 2. The van der Waals surface area contributed by atoms with Crippen molar-refractivity contribution in [2.45, 2.75) is 49.7 Å². The van der Waals surface area contributed by atoms with E-state index in [-0.39, 0.29) is 23.0 Å². The predicted octanol–water partition coefficient (Wildman–Crippen LogP) is 2.79. The maximum atomic E-state index is 6.03. The smallest absolute Gasteiger partial charge is 0.102 e. The van der Waals surface area contributed by atoms with Gasteiger partial charge in [-0.2, -0.15) is 0 Å². The van der Waals surface area contributed by atoms with E-state index >= 15 is 0 Å². The second-order valence-corrected chi connectivity index (χ2v) is 4.30. The van der Waals surface area contributed by atoms with Gasteiger partial charge in [0.1, 0.15) is 12.2 Å². The van der Waals surface area contributed by atoms with Gasteiger partial charge in [0, 0.05) is 0 Å².